The van der Waals surface area contributed by atoms with Crippen molar-refractivity contribution in [3.05, 3.63) is 70.3 Å². The first-order valence-electron chi connectivity index (χ1n) is 6.31. The van der Waals surface area contributed by atoms with Gasteiger partial charge in [0.1, 0.15) is 11.6 Å². The lowest BCUT2D eigenvalue weighted by Crippen LogP contribution is -2.28. The van der Waals surface area contributed by atoms with E-state index in [2.05, 4.69) is 5.32 Å². The number of rotatable bonds is 3. The molecule has 0 aliphatic carbocycles. The van der Waals surface area contributed by atoms with Crippen molar-refractivity contribution in [3.8, 4) is 0 Å². The summed E-state index contributed by atoms with van der Waals surface area (Å²) in [5, 5.41) is 2.09. The first-order chi connectivity index (χ1) is 10.7. The van der Waals surface area contributed by atoms with Crippen molar-refractivity contribution in [2.75, 3.05) is 0 Å². The fourth-order valence-electron chi connectivity index (χ4n) is 1.94. The van der Waals surface area contributed by atoms with Gasteiger partial charge in [-0.25, -0.2) is 26.3 Å². The topological polar surface area (TPSA) is 29.1 Å². The predicted octanol–water partition coefficient (Wildman–Crippen LogP) is 4.01. The molecule has 23 heavy (non-hydrogen) atoms. The summed E-state index contributed by atoms with van der Waals surface area (Å²) in [7, 11) is 0. The highest BCUT2D eigenvalue weighted by Gasteiger charge is 2.24. The lowest BCUT2D eigenvalue weighted by atomic mass is 10.1. The summed E-state index contributed by atoms with van der Waals surface area (Å²) in [5.74, 6) is -10.9. The normalized spacial score (nSPS) is 12.1. The molecule has 0 heterocycles. The summed E-state index contributed by atoms with van der Waals surface area (Å²) in [6.45, 7) is 1.29. The van der Waals surface area contributed by atoms with E-state index in [9.17, 15) is 31.1 Å². The SMILES string of the molecule is CC(NC(=O)c1cc(F)c(F)c(F)c1F)c1ccc(F)cc1F. The maximum atomic E-state index is 13.6. The zero-order chi connectivity index (χ0) is 17.3. The minimum absolute atomic E-state index is 0.122. The first kappa shape index (κ1) is 16.9. The van der Waals surface area contributed by atoms with Crippen molar-refractivity contribution < 1.29 is 31.1 Å². The van der Waals surface area contributed by atoms with E-state index in [1.165, 1.54) is 6.92 Å². The van der Waals surface area contributed by atoms with Crippen LogP contribution in [0, 0.1) is 34.9 Å². The molecule has 2 aromatic rings. The average molecular weight is 333 g/mol. The van der Waals surface area contributed by atoms with Gasteiger partial charge in [0.15, 0.2) is 23.3 Å². The van der Waals surface area contributed by atoms with Gasteiger partial charge < -0.3 is 5.32 Å². The zero-order valence-electron chi connectivity index (χ0n) is 11.6. The van der Waals surface area contributed by atoms with Crippen molar-refractivity contribution in [2.24, 2.45) is 0 Å². The van der Waals surface area contributed by atoms with Crippen LogP contribution in [-0.4, -0.2) is 5.91 Å². The van der Waals surface area contributed by atoms with Crippen LogP contribution in [0.5, 0.6) is 0 Å². The highest BCUT2D eigenvalue weighted by atomic mass is 19.2. The zero-order valence-corrected chi connectivity index (χ0v) is 11.6. The van der Waals surface area contributed by atoms with Crippen LogP contribution in [-0.2, 0) is 0 Å². The molecule has 1 atom stereocenters. The molecule has 0 aromatic heterocycles. The van der Waals surface area contributed by atoms with Crippen molar-refractivity contribution in [3.63, 3.8) is 0 Å². The summed E-state index contributed by atoms with van der Waals surface area (Å²) in [4.78, 5) is 11.8. The van der Waals surface area contributed by atoms with Crippen LogP contribution in [0.2, 0.25) is 0 Å². The van der Waals surface area contributed by atoms with E-state index in [4.69, 9.17) is 0 Å². The smallest absolute Gasteiger partial charge is 0.254 e. The molecule has 0 saturated carbocycles. The molecule has 2 rings (SSSR count). The number of halogens is 6. The largest absolute Gasteiger partial charge is 0.345 e. The van der Waals surface area contributed by atoms with E-state index >= 15 is 0 Å². The maximum absolute atomic E-state index is 13.6. The fraction of sp³-hybridized carbons (Fsp3) is 0.133. The molecular formula is C15H9F6NO. The predicted molar refractivity (Wildman–Crippen MR) is 68.5 cm³/mol. The monoisotopic (exact) mass is 333 g/mol. The first-order valence-corrected chi connectivity index (χ1v) is 6.31. The third kappa shape index (κ3) is 3.30. The van der Waals surface area contributed by atoms with Gasteiger partial charge in [-0.05, 0) is 19.1 Å². The molecule has 0 fully saturated rings. The molecule has 0 aliphatic rings. The van der Waals surface area contributed by atoms with Gasteiger partial charge in [-0.15, -0.1) is 0 Å². The molecule has 0 spiro atoms. The Labute approximate surface area is 126 Å². The second-order valence-electron chi connectivity index (χ2n) is 4.71. The van der Waals surface area contributed by atoms with Gasteiger partial charge in [-0.3, -0.25) is 4.79 Å². The minimum Gasteiger partial charge on any atom is -0.345 e. The van der Waals surface area contributed by atoms with Crippen molar-refractivity contribution in [1.29, 1.82) is 0 Å². The quantitative estimate of drug-likeness (QED) is 0.513. The molecule has 1 amide bonds. The van der Waals surface area contributed by atoms with Crippen LogP contribution in [0.3, 0.4) is 0 Å². The average Bonchev–Trinajstić information content (AvgIpc) is 2.48. The lowest BCUT2D eigenvalue weighted by Gasteiger charge is -2.15. The Hall–Kier alpha value is -2.51. The van der Waals surface area contributed by atoms with Gasteiger partial charge in [-0.2, -0.15) is 0 Å². The molecule has 8 heteroatoms. The Kier molecular flexibility index (Phi) is 4.63. The van der Waals surface area contributed by atoms with Gasteiger partial charge in [-0.1, -0.05) is 6.07 Å². The summed E-state index contributed by atoms with van der Waals surface area (Å²) in [6.07, 6.45) is 0. The van der Waals surface area contributed by atoms with E-state index < -0.39 is 52.4 Å². The lowest BCUT2D eigenvalue weighted by molar-refractivity contribution is 0.0933. The highest BCUT2D eigenvalue weighted by Crippen LogP contribution is 2.21. The Morgan fingerprint density at radius 2 is 1.57 bits per heavy atom. The number of carbonyl (C=O) groups excluding carboxylic acids is 1. The van der Waals surface area contributed by atoms with E-state index in [1.54, 1.807) is 0 Å². The second kappa shape index (κ2) is 6.31. The van der Waals surface area contributed by atoms with Crippen molar-refractivity contribution in [2.45, 2.75) is 13.0 Å². The van der Waals surface area contributed by atoms with Crippen LogP contribution in [0.15, 0.2) is 24.3 Å². The summed E-state index contributed by atoms with van der Waals surface area (Å²) in [5.41, 5.74) is -1.20. The Bertz CT molecular complexity index is 777. The van der Waals surface area contributed by atoms with E-state index in [0.29, 0.717) is 6.07 Å². The van der Waals surface area contributed by atoms with Crippen LogP contribution < -0.4 is 5.32 Å². The van der Waals surface area contributed by atoms with Gasteiger partial charge in [0.25, 0.3) is 5.91 Å². The third-order valence-electron chi connectivity index (χ3n) is 3.12. The number of hydrogen-bond donors (Lipinski definition) is 1. The van der Waals surface area contributed by atoms with Crippen LogP contribution in [0.25, 0.3) is 0 Å². The molecule has 1 unspecified atom stereocenters. The highest BCUT2D eigenvalue weighted by molar-refractivity contribution is 5.94. The van der Waals surface area contributed by atoms with E-state index in [0.717, 1.165) is 12.1 Å². The Morgan fingerprint density at radius 1 is 0.913 bits per heavy atom. The summed E-state index contributed by atoms with van der Waals surface area (Å²) in [6, 6.07) is 1.71. The van der Waals surface area contributed by atoms with Crippen molar-refractivity contribution in [1.82, 2.24) is 5.32 Å². The number of hydrogen-bond acceptors (Lipinski definition) is 1. The molecule has 122 valence electrons. The molecule has 2 aromatic carbocycles. The minimum atomic E-state index is -2.13. The van der Waals surface area contributed by atoms with Crippen LogP contribution >= 0.6 is 0 Å². The number of amides is 1. The molecule has 1 N–H and O–H groups in total. The van der Waals surface area contributed by atoms with Crippen molar-refractivity contribution >= 4 is 5.91 Å². The van der Waals surface area contributed by atoms with Gasteiger partial charge in [0.2, 0.25) is 0 Å². The molecule has 0 radical (unpaired) electrons. The summed E-state index contributed by atoms with van der Waals surface area (Å²) < 4.78 is 79.0. The molecular weight excluding hydrogens is 324 g/mol. The maximum Gasteiger partial charge on any atom is 0.254 e. The van der Waals surface area contributed by atoms with Crippen LogP contribution in [0.4, 0.5) is 26.3 Å². The summed E-state index contributed by atoms with van der Waals surface area (Å²) >= 11 is 0. The van der Waals surface area contributed by atoms with Gasteiger partial charge >= 0.3 is 0 Å². The fourth-order valence-corrected chi connectivity index (χ4v) is 1.94. The molecule has 2 nitrogen and oxygen atoms in total. The van der Waals surface area contributed by atoms with E-state index in [1.807, 2.05) is 0 Å². The second-order valence-corrected chi connectivity index (χ2v) is 4.71. The van der Waals surface area contributed by atoms with Crippen LogP contribution in [0.1, 0.15) is 28.9 Å². The number of carbonyl (C=O) groups is 1. The van der Waals surface area contributed by atoms with Gasteiger partial charge in [0.05, 0.1) is 11.6 Å². The molecule has 0 saturated heterocycles. The Balaban J connectivity index is 2.29. The Morgan fingerprint density at radius 3 is 2.17 bits per heavy atom. The molecule has 0 aliphatic heterocycles. The third-order valence-corrected chi connectivity index (χ3v) is 3.12. The molecule has 0 bridgehead atoms. The number of benzene rings is 2. The number of nitrogens with one attached hydrogen (secondary N) is 1. The van der Waals surface area contributed by atoms with Gasteiger partial charge in [0, 0.05) is 11.6 Å². The van der Waals surface area contributed by atoms with E-state index in [-0.39, 0.29) is 11.6 Å². The standard InChI is InChI=1S/C15H9F6NO/c1-6(8-3-2-7(16)4-10(8)17)22-15(23)9-5-11(18)13(20)14(21)12(9)19/h2-6H,1H3,(H,22,23).